The van der Waals surface area contributed by atoms with Gasteiger partial charge in [0, 0.05) is 5.92 Å². The zero-order chi connectivity index (χ0) is 11.4. The van der Waals surface area contributed by atoms with E-state index in [1.165, 1.54) is 6.42 Å². The van der Waals surface area contributed by atoms with Crippen LogP contribution in [0, 0.1) is 17.8 Å². The predicted molar refractivity (Wildman–Crippen MR) is 61.8 cm³/mol. The van der Waals surface area contributed by atoms with Crippen molar-refractivity contribution in [1.82, 2.24) is 0 Å². The van der Waals surface area contributed by atoms with Gasteiger partial charge in [-0.15, -0.1) is 0 Å². The third kappa shape index (κ3) is 4.33. The lowest BCUT2D eigenvalue weighted by molar-refractivity contribution is -0.130. The number of Topliss-reactive ketones (excluding diaryl/α,β-unsaturated/α-hetero) is 1. The number of hydrogen-bond acceptors (Lipinski definition) is 2. The molecule has 2 atom stereocenters. The Balaban J connectivity index is 2.38. The largest absolute Gasteiger partial charge is 0.371 e. The van der Waals surface area contributed by atoms with Crippen LogP contribution in [-0.2, 0) is 9.53 Å². The monoisotopic (exact) mass is 212 g/mol. The molecule has 88 valence electrons. The first-order valence-electron chi connectivity index (χ1n) is 6.13. The number of carbonyl (C=O) groups excluding carboxylic acids is 1. The molecule has 2 heteroatoms. The maximum absolute atomic E-state index is 11.9. The summed E-state index contributed by atoms with van der Waals surface area (Å²) in [4.78, 5) is 11.9. The second-order valence-electron chi connectivity index (χ2n) is 5.44. The fourth-order valence-corrected chi connectivity index (χ4v) is 2.58. The highest BCUT2D eigenvalue weighted by Crippen LogP contribution is 2.33. The van der Waals surface area contributed by atoms with Gasteiger partial charge in [-0.25, -0.2) is 0 Å². The summed E-state index contributed by atoms with van der Waals surface area (Å²) in [6.07, 6.45) is 3.55. The Bertz CT molecular complexity index is 201. The van der Waals surface area contributed by atoms with Crippen LogP contribution in [0.5, 0.6) is 0 Å². The lowest BCUT2D eigenvalue weighted by Gasteiger charge is -2.30. The highest BCUT2D eigenvalue weighted by Gasteiger charge is 2.28. The molecule has 15 heavy (non-hydrogen) atoms. The maximum atomic E-state index is 11.9. The zero-order valence-corrected chi connectivity index (χ0v) is 10.5. The van der Waals surface area contributed by atoms with Crippen molar-refractivity contribution in [2.45, 2.75) is 53.1 Å². The zero-order valence-electron chi connectivity index (χ0n) is 10.5. The molecule has 2 unspecified atom stereocenters. The van der Waals surface area contributed by atoms with Gasteiger partial charge >= 0.3 is 0 Å². The molecule has 1 fully saturated rings. The van der Waals surface area contributed by atoms with Gasteiger partial charge in [0.25, 0.3) is 0 Å². The van der Waals surface area contributed by atoms with Gasteiger partial charge in [-0.1, -0.05) is 13.8 Å². The van der Waals surface area contributed by atoms with Crippen molar-refractivity contribution in [2.24, 2.45) is 17.8 Å². The molecule has 1 aliphatic carbocycles. The molecular formula is C13H24O2. The van der Waals surface area contributed by atoms with Gasteiger partial charge in [0.1, 0.15) is 6.61 Å². The van der Waals surface area contributed by atoms with Gasteiger partial charge in [0.15, 0.2) is 5.78 Å². The van der Waals surface area contributed by atoms with Crippen LogP contribution >= 0.6 is 0 Å². The van der Waals surface area contributed by atoms with E-state index in [2.05, 4.69) is 13.8 Å². The van der Waals surface area contributed by atoms with E-state index in [0.29, 0.717) is 24.2 Å². The number of ether oxygens (including phenoxy) is 1. The van der Waals surface area contributed by atoms with Crippen molar-refractivity contribution in [2.75, 3.05) is 6.61 Å². The van der Waals surface area contributed by atoms with Crippen molar-refractivity contribution in [3.63, 3.8) is 0 Å². The Labute approximate surface area is 93.4 Å². The molecular weight excluding hydrogens is 188 g/mol. The van der Waals surface area contributed by atoms with Gasteiger partial charge in [-0.2, -0.15) is 0 Å². The van der Waals surface area contributed by atoms with E-state index in [-0.39, 0.29) is 12.0 Å². The standard InChI is InChI=1S/C13H24O2/c1-9(2)15-8-13(14)12-6-10(3)5-11(4)7-12/h9-12H,5-8H2,1-4H3. The molecule has 0 heterocycles. The Kier molecular flexibility index (Phi) is 4.78. The van der Waals surface area contributed by atoms with E-state index < -0.39 is 0 Å². The molecule has 0 radical (unpaired) electrons. The fraction of sp³-hybridized carbons (Fsp3) is 0.923. The maximum Gasteiger partial charge on any atom is 0.161 e. The molecule has 2 nitrogen and oxygen atoms in total. The molecule has 1 aliphatic rings. The van der Waals surface area contributed by atoms with Crippen molar-refractivity contribution >= 4 is 5.78 Å². The number of rotatable bonds is 4. The van der Waals surface area contributed by atoms with Crippen LogP contribution in [0.1, 0.15) is 47.0 Å². The molecule has 0 N–H and O–H groups in total. The topological polar surface area (TPSA) is 26.3 Å². The molecule has 0 aromatic heterocycles. The molecule has 0 spiro atoms. The summed E-state index contributed by atoms with van der Waals surface area (Å²) in [5.41, 5.74) is 0. The summed E-state index contributed by atoms with van der Waals surface area (Å²) in [7, 11) is 0. The number of ketones is 1. The second-order valence-corrected chi connectivity index (χ2v) is 5.44. The Morgan fingerprint density at radius 2 is 1.73 bits per heavy atom. The van der Waals surface area contributed by atoms with Gasteiger partial charge < -0.3 is 4.74 Å². The van der Waals surface area contributed by atoms with Gasteiger partial charge in [-0.05, 0) is 44.9 Å². The average molecular weight is 212 g/mol. The van der Waals surface area contributed by atoms with Crippen LogP contribution < -0.4 is 0 Å². The molecule has 0 aromatic carbocycles. The highest BCUT2D eigenvalue weighted by atomic mass is 16.5. The quantitative estimate of drug-likeness (QED) is 0.716. The first-order valence-corrected chi connectivity index (χ1v) is 6.13. The van der Waals surface area contributed by atoms with E-state index in [1.807, 2.05) is 13.8 Å². The minimum absolute atomic E-state index is 0.160. The minimum atomic E-state index is 0.160. The molecule has 0 bridgehead atoms. The third-order valence-corrected chi connectivity index (χ3v) is 3.19. The summed E-state index contributed by atoms with van der Waals surface area (Å²) in [5.74, 6) is 1.95. The van der Waals surface area contributed by atoms with E-state index in [9.17, 15) is 4.79 Å². The van der Waals surface area contributed by atoms with Crippen molar-refractivity contribution in [3.05, 3.63) is 0 Å². The Morgan fingerprint density at radius 3 is 2.20 bits per heavy atom. The molecule has 0 amide bonds. The number of carbonyl (C=O) groups is 1. The second kappa shape index (κ2) is 5.64. The average Bonchev–Trinajstić information content (AvgIpc) is 2.12. The van der Waals surface area contributed by atoms with Gasteiger partial charge in [-0.3, -0.25) is 4.79 Å². The lowest BCUT2D eigenvalue weighted by Crippen LogP contribution is -2.29. The van der Waals surface area contributed by atoms with E-state index in [4.69, 9.17) is 4.74 Å². The van der Waals surface area contributed by atoms with Crippen LogP contribution in [0.4, 0.5) is 0 Å². The lowest BCUT2D eigenvalue weighted by atomic mass is 9.75. The van der Waals surface area contributed by atoms with Crippen LogP contribution in [0.25, 0.3) is 0 Å². The summed E-state index contributed by atoms with van der Waals surface area (Å²) in [6, 6.07) is 0. The summed E-state index contributed by atoms with van der Waals surface area (Å²) in [5, 5.41) is 0. The van der Waals surface area contributed by atoms with Gasteiger partial charge in [0.05, 0.1) is 6.10 Å². The van der Waals surface area contributed by atoms with Crippen molar-refractivity contribution in [3.8, 4) is 0 Å². The fourth-order valence-electron chi connectivity index (χ4n) is 2.58. The smallest absolute Gasteiger partial charge is 0.161 e. The Morgan fingerprint density at radius 1 is 1.20 bits per heavy atom. The van der Waals surface area contributed by atoms with Crippen LogP contribution in [0.15, 0.2) is 0 Å². The first-order chi connectivity index (χ1) is 6.99. The summed E-state index contributed by atoms with van der Waals surface area (Å²) >= 11 is 0. The van der Waals surface area contributed by atoms with Gasteiger partial charge in [0.2, 0.25) is 0 Å². The molecule has 0 saturated heterocycles. The van der Waals surface area contributed by atoms with Crippen LogP contribution in [0.3, 0.4) is 0 Å². The molecule has 1 rings (SSSR count). The van der Waals surface area contributed by atoms with E-state index in [1.54, 1.807) is 0 Å². The summed E-state index contributed by atoms with van der Waals surface area (Å²) in [6.45, 7) is 8.75. The minimum Gasteiger partial charge on any atom is -0.371 e. The molecule has 1 saturated carbocycles. The normalized spacial score (nSPS) is 31.9. The summed E-state index contributed by atoms with van der Waals surface area (Å²) < 4.78 is 5.38. The SMILES string of the molecule is CC1CC(C)CC(C(=O)COC(C)C)C1. The van der Waals surface area contributed by atoms with Crippen molar-refractivity contribution < 1.29 is 9.53 Å². The molecule has 0 aromatic rings. The van der Waals surface area contributed by atoms with Crippen molar-refractivity contribution in [1.29, 1.82) is 0 Å². The Hall–Kier alpha value is -0.370. The van der Waals surface area contributed by atoms with Crippen LogP contribution in [0.2, 0.25) is 0 Å². The first kappa shape index (κ1) is 12.7. The number of hydrogen-bond donors (Lipinski definition) is 0. The third-order valence-electron chi connectivity index (χ3n) is 3.19. The van der Waals surface area contributed by atoms with Crippen LogP contribution in [-0.4, -0.2) is 18.5 Å². The molecule has 0 aliphatic heterocycles. The van der Waals surface area contributed by atoms with E-state index >= 15 is 0 Å². The predicted octanol–water partition coefficient (Wildman–Crippen LogP) is 3.05. The van der Waals surface area contributed by atoms with E-state index in [0.717, 1.165) is 12.8 Å². The highest BCUT2D eigenvalue weighted by molar-refractivity contribution is 5.82.